The molecular formula is C21H32N4O7S. The van der Waals surface area contributed by atoms with Crippen LogP contribution in [0, 0.1) is 5.92 Å². The van der Waals surface area contributed by atoms with Crippen molar-refractivity contribution in [1.29, 1.82) is 0 Å². The molecular weight excluding hydrogens is 452 g/mol. The fraction of sp³-hybridized carbons (Fsp3) is 0.524. The number of aliphatic hydroxyl groups is 1. The van der Waals surface area contributed by atoms with E-state index in [4.69, 9.17) is 10.8 Å². The molecule has 0 aliphatic heterocycles. The third kappa shape index (κ3) is 8.91. The smallest absolute Gasteiger partial charge is 0.328 e. The van der Waals surface area contributed by atoms with Crippen LogP contribution in [0.5, 0.6) is 5.75 Å². The van der Waals surface area contributed by atoms with Crippen LogP contribution in [0.15, 0.2) is 24.3 Å². The molecule has 12 heteroatoms. The maximum atomic E-state index is 12.7. The number of phenolic OH excluding ortho intramolecular Hbond substituents is 1. The summed E-state index contributed by atoms with van der Waals surface area (Å²) >= 11 is 4.09. The van der Waals surface area contributed by atoms with Crippen molar-refractivity contribution in [2.75, 3.05) is 5.75 Å². The first-order valence-corrected chi connectivity index (χ1v) is 11.0. The summed E-state index contributed by atoms with van der Waals surface area (Å²) in [4.78, 5) is 49.0. The molecule has 1 aromatic carbocycles. The van der Waals surface area contributed by atoms with E-state index < -0.39 is 59.9 Å². The number of rotatable bonds is 12. The SMILES string of the molecule is CC(C)C(NC(=O)C(CS)NC(=O)C(N)Cc1ccc(O)cc1)C(=O)NC(C(=O)O)C(C)O. The van der Waals surface area contributed by atoms with Gasteiger partial charge in [0.15, 0.2) is 6.04 Å². The summed E-state index contributed by atoms with van der Waals surface area (Å²) < 4.78 is 0. The van der Waals surface area contributed by atoms with Gasteiger partial charge in [-0.3, -0.25) is 14.4 Å². The van der Waals surface area contributed by atoms with Crippen LogP contribution < -0.4 is 21.7 Å². The fourth-order valence-electron chi connectivity index (χ4n) is 2.87. The highest BCUT2D eigenvalue weighted by Gasteiger charge is 2.33. The predicted octanol–water partition coefficient (Wildman–Crippen LogP) is -1.23. The van der Waals surface area contributed by atoms with Gasteiger partial charge in [-0.25, -0.2) is 4.79 Å². The van der Waals surface area contributed by atoms with Crippen molar-refractivity contribution >= 4 is 36.3 Å². The summed E-state index contributed by atoms with van der Waals surface area (Å²) in [7, 11) is 0. The Hall–Kier alpha value is -2.83. The molecule has 1 rings (SSSR count). The first-order chi connectivity index (χ1) is 15.4. The molecule has 0 aliphatic rings. The molecule has 33 heavy (non-hydrogen) atoms. The summed E-state index contributed by atoms with van der Waals surface area (Å²) in [5.41, 5.74) is 6.64. The van der Waals surface area contributed by atoms with Gasteiger partial charge in [0.2, 0.25) is 17.7 Å². The molecule has 1 aromatic rings. The first kappa shape index (κ1) is 28.2. The Labute approximate surface area is 197 Å². The minimum atomic E-state index is -1.55. The van der Waals surface area contributed by atoms with Crippen LogP contribution in [0.2, 0.25) is 0 Å². The van der Waals surface area contributed by atoms with Crippen LogP contribution in [-0.4, -0.2) is 75.0 Å². The van der Waals surface area contributed by atoms with Crippen LogP contribution in [-0.2, 0) is 25.6 Å². The third-order valence-electron chi connectivity index (χ3n) is 4.84. The number of phenols is 1. The zero-order chi connectivity index (χ0) is 25.3. The molecule has 0 aromatic heterocycles. The topological polar surface area (TPSA) is 191 Å². The molecule has 5 unspecified atom stereocenters. The van der Waals surface area contributed by atoms with E-state index in [9.17, 15) is 29.4 Å². The number of carboxylic acid groups (broad SMARTS) is 1. The highest BCUT2D eigenvalue weighted by molar-refractivity contribution is 7.80. The van der Waals surface area contributed by atoms with E-state index in [-0.39, 0.29) is 17.9 Å². The van der Waals surface area contributed by atoms with Gasteiger partial charge in [-0.2, -0.15) is 12.6 Å². The minimum Gasteiger partial charge on any atom is -0.508 e. The van der Waals surface area contributed by atoms with E-state index in [2.05, 4.69) is 28.6 Å². The number of benzene rings is 1. The maximum Gasteiger partial charge on any atom is 0.328 e. The molecule has 0 saturated carbocycles. The average Bonchev–Trinajstić information content (AvgIpc) is 2.74. The number of nitrogens with two attached hydrogens (primary N) is 1. The van der Waals surface area contributed by atoms with Gasteiger partial charge in [0, 0.05) is 5.75 Å². The number of aliphatic hydroxyl groups excluding tert-OH is 1. The second kappa shape index (κ2) is 13.0. The highest BCUT2D eigenvalue weighted by atomic mass is 32.1. The first-order valence-electron chi connectivity index (χ1n) is 10.3. The van der Waals surface area contributed by atoms with Crippen LogP contribution in [0.3, 0.4) is 0 Å². The molecule has 5 atom stereocenters. The number of nitrogens with one attached hydrogen (secondary N) is 3. The normalized spacial score (nSPS) is 15.6. The molecule has 0 aliphatic carbocycles. The van der Waals surface area contributed by atoms with Gasteiger partial charge < -0.3 is 37.0 Å². The van der Waals surface area contributed by atoms with Crippen molar-refractivity contribution in [3.63, 3.8) is 0 Å². The number of thiol groups is 1. The summed E-state index contributed by atoms with van der Waals surface area (Å²) in [6.07, 6.45) is -1.19. The Morgan fingerprint density at radius 1 is 0.939 bits per heavy atom. The van der Waals surface area contributed by atoms with Crippen LogP contribution in [0.1, 0.15) is 26.3 Å². The molecule has 0 bridgehead atoms. The lowest BCUT2D eigenvalue weighted by Crippen LogP contribution is -2.60. The van der Waals surface area contributed by atoms with E-state index >= 15 is 0 Å². The Morgan fingerprint density at radius 2 is 1.48 bits per heavy atom. The Balaban J connectivity index is 2.80. The van der Waals surface area contributed by atoms with Crippen LogP contribution in [0.4, 0.5) is 0 Å². The van der Waals surface area contributed by atoms with Gasteiger partial charge in [-0.15, -0.1) is 0 Å². The largest absolute Gasteiger partial charge is 0.508 e. The predicted molar refractivity (Wildman–Crippen MR) is 124 cm³/mol. The van der Waals surface area contributed by atoms with Gasteiger partial charge in [0.1, 0.15) is 17.8 Å². The Bertz CT molecular complexity index is 832. The van der Waals surface area contributed by atoms with Gasteiger partial charge >= 0.3 is 5.97 Å². The quantitative estimate of drug-likeness (QED) is 0.169. The van der Waals surface area contributed by atoms with E-state index in [1.807, 2.05) is 0 Å². The van der Waals surface area contributed by atoms with E-state index in [1.54, 1.807) is 26.0 Å². The summed E-state index contributed by atoms with van der Waals surface area (Å²) in [5.74, 6) is -3.95. The van der Waals surface area contributed by atoms with Crippen molar-refractivity contribution in [1.82, 2.24) is 16.0 Å². The molecule has 0 heterocycles. The molecule has 11 nitrogen and oxygen atoms in total. The van der Waals surface area contributed by atoms with Crippen molar-refractivity contribution in [3.05, 3.63) is 29.8 Å². The number of aliphatic carboxylic acids is 1. The molecule has 0 saturated heterocycles. The zero-order valence-electron chi connectivity index (χ0n) is 18.7. The average molecular weight is 485 g/mol. The monoisotopic (exact) mass is 484 g/mol. The molecule has 3 amide bonds. The molecule has 0 fully saturated rings. The summed E-state index contributed by atoms with van der Waals surface area (Å²) in [6, 6.07) is 1.42. The number of carbonyl (C=O) groups excluding carboxylic acids is 3. The molecule has 0 radical (unpaired) electrons. The number of carbonyl (C=O) groups is 4. The number of carboxylic acids is 1. The summed E-state index contributed by atoms with van der Waals surface area (Å²) in [5, 5.41) is 35.2. The second-order valence-corrected chi connectivity index (χ2v) is 8.38. The van der Waals surface area contributed by atoms with Crippen LogP contribution in [0.25, 0.3) is 0 Å². The van der Waals surface area contributed by atoms with Crippen molar-refractivity contribution < 1.29 is 34.5 Å². The minimum absolute atomic E-state index is 0.0791. The lowest BCUT2D eigenvalue weighted by Gasteiger charge is -2.27. The highest BCUT2D eigenvalue weighted by Crippen LogP contribution is 2.11. The zero-order valence-corrected chi connectivity index (χ0v) is 19.6. The fourth-order valence-corrected chi connectivity index (χ4v) is 3.13. The van der Waals surface area contributed by atoms with Crippen LogP contribution >= 0.6 is 12.6 Å². The Morgan fingerprint density at radius 3 is 1.94 bits per heavy atom. The van der Waals surface area contributed by atoms with Crippen molar-refractivity contribution in [3.8, 4) is 5.75 Å². The maximum absolute atomic E-state index is 12.7. The second-order valence-electron chi connectivity index (χ2n) is 8.02. The van der Waals surface area contributed by atoms with E-state index in [0.717, 1.165) is 0 Å². The standard InChI is InChI=1S/C21H32N4O7S/c1-10(2)16(20(30)25-17(11(3)26)21(31)32)24-19(29)15(9-33)23-18(28)14(22)8-12-4-6-13(27)7-5-12/h4-7,10-11,14-17,26-27,33H,8-9,22H2,1-3H3,(H,23,28)(H,24,29)(H,25,30)(H,31,32). The number of hydrogen-bond donors (Lipinski definition) is 8. The lowest BCUT2D eigenvalue weighted by molar-refractivity contribution is -0.145. The molecule has 0 spiro atoms. The number of amides is 3. The van der Waals surface area contributed by atoms with E-state index in [0.29, 0.717) is 5.56 Å². The number of aromatic hydroxyl groups is 1. The lowest BCUT2D eigenvalue weighted by atomic mass is 10.0. The van der Waals surface area contributed by atoms with Crippen molar-refractivity contribution in [2.24, 2.45) is 11.7 Å². The van der Waals surface area contributed by atoms with E-state index in [1.165, 1.54) is 19.1 Å². The van der Waals surface area contributed by atoms with Gasteiger partial charge in [-0.05, 0) is 37.0 Å². The Kier molecular flexibility index (Phi) is 11.1. The van der Waals surface area contributed by atoms with Gasteiger partial charge in [0.05, 0.1) is 12.1 Å². The third-order valence-corrected chi connectivity index (χ3v) is 5.20. The molecule has 184 valence electrons. The van der Waals surface area contributed by atoms with Gasteiger partial charge in [-0.1, -0.05) is 26.0 Å². The number of hydrogen-bond acceptors (Lipinski definition) is 8. The molecule has 8 N–H and O–H groups in total. The van der Waals surface area contributed by atoms with Crippen molar-refractivity contribution in [2.45, 2.75) is 57.5 Å². The van der Waals surface area contributed by atoms with Gasteiger partial charge in [0.25, 0.3) is 0 Å². The summed E-state index contributed by atoms with van der Waals surface area (Å²) in [6.45, 7) is 4.50.